The van der Waals surface area contributed by atoms with Crippen LogP contribution in [-0.4, -0.2) is 5.78 Å². The molecule has 0 fully saturated rings. The van der Waals surface area contributed by atoms with E-state index in [0.29, 0.717) is 11.1 Å². The van der Waals surface area contributed by atoms with Gasteiger partial charge in [-0.2, -0.15) is 0 Å². The molecule has 1 rings (SSSR count). The Hall–Kier alpha value is -1.44. The summed E-state index contributed by atoms with van der Waals surface area (Å²) >= 11 is 0. The quantitative estimate of drug-likeness (QED) is 0.519. The van der Waals surface area contributed by atoms with Crippen LogP contribution >= 0.6 is 0 Å². The van der Waals surface area contributed by atoms with Crippen molar-refractivity contribution in [2.24, 2.45) is 0 Å². The lowest BCUT2D eigenvalue weighted by atomic mass is 10.1. The van der Waals surface area contributed by atoms with E-state index in [1.807, 2.05) is 13.8 Å². The van der Waals surface area contributed by atoms with Gasteiger partial charge in [-0.05, 0) is 50.6 Å². The summed E-state index contributed by atoms with van der Waals surface area (Å²) in [6.07, 6.45) is 1.55. The van der Waals surface area contributed by atoms with E-state index in [-0.39, 0.29) is 11.6 Å². The van der Waals surface area contributed by atoms with Gasteiger partial charge in [0.25, 0.3) is 0 Å². The summed E-state index contributed by atoms with van der Waals surface area (Å²) in [6, 6.07) is 4.39. The van der Waals surface area contributed by atoms with Crippen molar-refractivity contribution in [2.75, 3.05) is 0 Å². The van der Waals surface area contributed by atoms with Gasteiger partial charge in [-0.1, -0.05) is 5.57 Å². The highest BCUT2D eigenvalue weighted by Gasteiger charge is 2.04. The molecule has 1 aromatic carbocycles. The predicted octanol–water partition coefficient (Wildman–Crippen LogP) is 3.28. The second-order valence-electron chi connectivity index (χ2n) is 3.55. The van der Waals surface area contributed by atoms with E-state index in [4.69, 9.17) is 0 Å². The smallest absolute Gasteiger partial charge is 0.185 e. The fraction of sp³-hybridized carbons (Fsp3) is 0.250. The van der Waals surface area contributed by atoms with Crippen LogP contribution in [0.5, 0.6) is 0 Å². The van der Waals surface area contributed by atoms with E-state index in [9.17, 15) is 9.18 Å². The van der Waals surface area contributed by atoms with Crippen molar-refractivity contribution in [3.8, 4) is 0 Å². The zero-order chi connectivity index (χ0) is 10.7. The summed E-state index contributed by atoms with van der Waals surface area (Å²) in [5, 5.41) is 0. The highest BCUT2D eigenvalue weighted by atomic mass is 19.1. The van der Waals surface area contributed by atoms with Gasteiger partial charge < -0.3 is 0 Å². The Morgan fingerprint density at radius 3 is 2.50 bits per heavy atom. The molecule has 0 saturated heterocycles. The number of aryl methyl sites for hydroxylation is 1. The lowest BCUT2D eigenvalue weighted by molar-refractivity contribution is 0.104. The summed E-state index contributed by atoms with van der Waals surface area (Å²) in [7, 11) is 0. The van der Waals surface area contributed by atoms with E-state index in [1.54, 1.807) is 19.1 Å². The van der Waals surface area contributed by atoms with Gasteiger partial charge in [0.15, 0.2) is 5.78 Å². The number of hydrogen-bond acceptors (Lipinski definition) is 1. The number of halogens is 1. The molecular formula is C12H13FO. The highest BCUT2D eigenvalue weighted by Crippen LogP contribution is 2.10. The Balaban J connectivity index is 3.03. The molecule has 0 heterocycles. The van der Waals surface area contributed by atoms with Crippen molar-refractivity contribution in [2.45, 2.75) is 20.8 Å². The number of carbonyl (C=O) groups excluding carboxylic acids is 1. The Morgan fingerprint density at radius 2 is 2.00 bits per heavy atom. The summed E-state index contributed by atoms with van der Waals surface area (Å²) in [5.41, 5.74) is 1.97. The Labute approximate surface area is 83.3 Å². The number of rotatable bonds is 2. The minimum atomic E-state index is -0.279. The normalized spacial score (nSPS) is 9.71. The van der Waals surface area contributed by atoms with Crippen LogP contribution in [0.4, 0.5) is 4.39 Å². The third-order valence-corrected chi connectivity index (χ3v) is 1.86. The van der Waals surface area contributed by atoms with Crippen molar-refractivity contribution < 1.29 is 9.18 Å². The number of benzene rings is 1. The Morgan fingerprint density at radius 1 is 1.36 bits per heavy atom. The number of carbonyl (C=O) groups is 1. The Bertz CT molecular complexity index is 387. The standard InChI is InChI=1S/C12H13FO/c1-8(2)6-12(14)10-4-5-11(13)9(3)7-10/h4-7H,1-3H3. The zero-order valence-corrected chi connectivity index (χ0v) is 8.60. The van der Waals surface area contributed by atoms with Gasteiger partial charge in [0, 0.05) is 5.56 Å². The molecule has 0 aliphatic heterocycles. The average molecular weight is 192 g/mol. The average Bonchev–Trinajstić information content (AvgIpc) is 2.08. The molecule has 0 atom stereocenters. The first-order valence-electron chi connectivity index (χ1n) is 4.46. The maximum absolute atomic E-state index is 12.9. The molecule has 0 amide bonds. The van der Waals surface area contributed by atoms with Gasteiger partial charge in [-0.3, -0.25) is 4.79 Å². The van der Waals surface area contributed by atoms with Crippen LogP contribution in [0.2, 0.25) is 0 Å². The minimum Gasteiger partial charge on any atom is -0.289 e. The van der Waals surface area contributed by atoms with Gasteiger partial charge in [-0.15, -0.1) is 0 Å². The summed E-state index contributed by atoms with van der Waals surface area (Å²) in [5.74, 6) is -0.355. The van der Waals surface area contributed by atoms with Crippen molar-refractivity contribution >= 4 is 5.78 Å². The van der Waals surface area contributed by atoms with Gasteiger partial charge in [0.05, 0.1) is 0 Å². The lowest BCUT2D eigenvalue weighted by Crippen LogP contribution is -1.96. The molecule has 0 spiro atoms. The molecule has 0 bridgehead atoms. The van der Waals surface area contributed by atoms with Gasteiger partial charge in [-0.25, -0.2) is 4.39 Å². The molecule has 0 aliphatic rings. The van der Waals surface area contributed by atoms with Crippen LogP contribution in [0.1, 0.15) is 29.8 Å². The van der Waals surface area contributed by atoms with Crippen LogP contribution in [0.15, 0.2) is 29.8 Å². The van der Waals surface area contributed by atoms with E-state index in [0.717, 1.165) is 5.57 Å². The first kappa shape index (κ1) is 10.6. The van der Waals surface area contributed by atoms with Crippen molar-refractivity contribution in [1.29, 1.82) is 0 Å². The third-order valence-electron chi connectivity index (χ3n) is 1.86. The molecule has 74 valence electrons. The van der Waals surface area contributed by atoms with Gasteiger partial charge in [0.2, 0.25) is 0 Å². The monoisotopic (exact) mass is 192 g/mol. The third kappa shape index (κ3) is 2.52. The fourth-order valence-electron chi connectivity index (χ4n) is 1.14. The number of ketones is 1. The lowest BCUT2D eigenvalue weighted by Gasteiger charge is -1.99. The maximum Gasteiger partial charge on any atom is 0.185 e. The molecule has 0 aliphatic carbocycles. The second-order valence-corrected chi connectivity index (χ2v) is 3.55. The number of allylic oxidation sites excluding steroid dienone is 2. The maximum atomic E-state index is 12.9. The molecule has 1 aromatic rings. The molecule has 0 radical (unpaired) electrons. The molecule has 0 aromatic heterocycles. The summed E-state index contributed by atoms with van der Waals surface area (Å²) in [4.78, 5) is 11.5. The van der Waals surface area contributed by atoms with Crippen LogP contribution in [0, 0.1) is 12.7 Å². The van der Waals surface area contributed by atoms with Crippen LogP contribution < -0.4 is 0 Å². The molecular weight excluding hydrogens is 179 g/mol. The van der Waals surface area contributed by atoms with Crippen LogP contribution in [0.25, 0.3) is 0 Å². The summed E-state index contributed by atoms with van der Waals surface area (Å²) < 4.78 is 12.9. The van der Waals surface area contributed by atoms with E-state index in [2.05, 4.69) is 0 Å². The first-order chi connectivity index (χ1) is 6.50. The van der Waals surface area contributed by atoms with Gasteiger partial charge >= 0.3 is 0 Å². The van der Waals surface area contributed by atoms with Crippen LogP contribution in [-0.2, 0) is 0 Å². The molecule has 2 heteroatoms. The largest absolute Gasteiger partial charge is 0.289 e. The fourth-order valence-corrected chi connectivity index (χ4v) is 1.14. The molecule has 0 unspecified atom stereocenters. The summed E-state index contributed by atoms with van der Waals surface area (Å²) in [6.45, 7) is 5.36. The van der Waals surface area contributed by atoms with Crippen molar-refractivity contribution in [3.63, 3.8) is 0 Å². The highest BCUT2D eigenvalue weighted by molar-refractivity contribution is 6.04. The van der Waals surface area contributed by atoms with E-state index >= 15 is 0 Å². The van der Waals surface area contributed by atoms with Gasteiger partial charge in [0.1, 0.15) is 5.82 Å². The number of hydrogen-bond donors (Lipinski definition) is 0. The Kier molecular flexibility index (Phi) is 3.18. The minimum absolute atomic E-state index is 0.0758. The molecule has 0 N–H and O–H groups in total. The first-order valence-corrected chi connectivity index (χ1v) is 4.46. The second kappa shape index (κ2) is 4.18. The molecule has 0 saturated carbocycles. The van der Waals surface area contributed by atoms with Crippen molar-refractivity contribution in [3.05, 3.63) is 46.8 Å². The van der Waals surface area contributed by atoms with Crippen molar-refractivity contribution in [1.82, 2.24) is 0 Å². The van der Waals surface area contributed by atoms with Crippen LogP contribution in [0.3, 0.4) is 0 Å². The SMILES string of the molecule is CC(C)=CC(=O)c1ccc(F)c(C)c1. The molecule has 14 heavy (non-hydrogen) atoms. The van der Waals surface area contributed by atoms with E-state index in [1.165, 1.54) is 12.1 Å². The van der Waals surface area contributed by atoms with E-state index < -0.39 is 0 Å². The predicted molar refractivity (Wildman–Crippen MR) is 54.9 cm³/mol. The zero-order valence-electron chi connectivity index (χ0n) is 8.60. The molecule has 1 nitrogen and oxygen atoms in total. The topological polar surface area (TPSA) is 17.1 Å².